The summed E-state index contributed by atoms with van der Waals surface area (Å²) in [4.78, 5) is 0. The summed E-state index contributed by atoms with van der Waals surface area (Å²) in [7, 11) is 0. The molecule has 1 heteroatoms. The first-order valence-electron chi connectivity index (χ1n) is 10.4. The lowest BCUT2D eigenvalue weighted by molar-refractivity contribution is 0.379. The number of unbranched alkanes of at least 4 members (excludes halogenated alkanes) is 2. The Morgan fingerprint density at radius 2 is 1.75 bits per heavy atom. The summed E-state index contributed by atoms with van der Waals surface area (Å²) in [5.41, 5.74) is 3.07. The van der Waals surface area contributed by atoms with Crippen LogP contribution in [0.1, 0.15) is 95.6 Å². The highest BCUT2D eigenvalue weighted by Crippen LogP contribution is 2.30. The number of epoxide rings is 1. The minimum Gasteiger partial charge on any atom is -0.373 e. The molecule has 1 heterocycles. The lowest BCUT2D eigenvalue weighted by atomic mass is 9.88. The molecule has 1 nitrogen and oxygen atoms in total. The van der Waals surface area contributed by atoms with Crippen LogP contribution < -0.4 is 0 Å². The normalized spacial score (nSPS) is 19.2. The second-order valence-electron chi connectivity index (χ2n) is 7.87. The molecule has 1 aliphatic heterocycles. The Morgan fingerprint density at radius 3 is 2.38 bits per heavy atom. The quantitative estimate of drug-likeness (QED) is 0.283. The van der Waals surface area contributed by atoms with Crippen LogP contribution in [0.3, 0.4) is 0 Å². The van der Waals surface area contributed by atoms with Crippen LogP contribution in [0.4, 0.5) is 0 Å². The first-order valence-corrected chi connectivity index (χ1v) is 10.4. The number of ether oxygens (including phenoxy) is 1. The van der Waals surface area contributed by atoms with Crippen molar-refractivity contribution in [3.05, 3.63) is 35.4 Å². The van der Waals surface area contributed by atoms with Gasteiger partial charge < -0.3 is 4.74 Å². The van der Waals surface area contributed by atoms with Gasteiger partial charge in [0.05, 0.1) is 12.7 Å². The third-order valence-electron chi connectivity index (χ3n) is 5.71. The van der Waals surface area contributed by atoms with E-state index >= 15 is 0 Å². The number of hydrogen-bond donors (Lipinski definition) is 0. The minimum atomic E-state index is 0.568. The van der Waals surface area contributed by atoms with Crippen LogP contribution in [0.15, 0.2) is 24.3 Å². The van der Waals surface area contributed by atoms with Crippen molar-refractivity contribution in [3.63, 3.8) is 0 Å². The fraction of sp³-hybridized carbons (Fsp3) is 0.739. The summed E-state index contributed by atoms with van der Waals surface area (Å²) < 4.78 is 5.41. The molecule has 3 unspecified atom stereocenters. The molecule has 1 aromatic rings. The molecule has 0 aromatic heterocycles. The predicted octanol–water partition coefficient (Wildman–Crippen LogP) is 6.90. The number of hydrogen-bond acceptors (Lipinski definition) is 1. The van der Waals surface area contributed by atoms with Crippen molar-refractivity contribution in [2.75, 3.05) is 6.61 Å². The second kappa shape index (κ2) is 10.9. The molecule has 2 rings (SSSR count). The van der Waals surface area contributed by atoms with Gasteiger partial charge >= 0.3 is 0 Å². The molecule has 0 amide bonds. The molecule has 0 spiro atoms. The minimum absolute atomic E-state index is 0.568. The third-order valence-corrected chi connectivity index (χ3v) is 5.71. The fourth-order valence-corrected chi connectivity index (χ4v) is 3.56. The molecule has 24 heavy (non-hydrogen) atoms. The molecule has 1 aromatic carbocycles. The van der Waals surface area contributed by atoms with Gasteiger partial charge in [0.15, 0.2) is 0 Å². The predicted molar refractivity (Wildman–Crippen MR) is 105 cm³/mol. The van der Waals surface area contributed by atoms with Crippen LogP contribution >= 0.6 is 0 Å². The van der Waals surface area contributed by atoms with Gasteiger partial charge in [-0.05, 0) is 55.1 Å². The maximum absolute atomic E-state index is 5.41. The van der Waals surface area contributed by atoms with E-state index in [2.05, 4.69) is 45.0 Å². The maximum Gasteiger partial charge on any atom is 0.0810 e. The third kappa shape index (κ3) is 7.38. The van der Waals surface area contributed by atoms with E-state index in [9.17, 15) is 0 Å². The van der Waals surface area contributed by atoms with E-state index in [-0.39, 0.29) is 0 Å². The summed E-state index contributed by atoms with van der Waals surface area (Å²) in [5.74, 6) is 1.60. The number of aryl methyl sites for hydroxylation is 1. The zero-order chi connectivity index (χ0) is 17.2. The summed E-state index contributed by atoms with van der Waals surface area (Å²) in [6.07, 6.45) is 13.7. The van der Waals surface area contributed by atoms with E-state index in [1.54, 1.807) is 5.56 Å². The highest BCUT2D eigenvalue weighted by molar-refractivity contribution is 5.25. The highest BCUT2D eigenvalue weighted by atomic mass is 16.6. The lowest BCUT2D eigenvalue weighted by Gasteiger charge is -2.17. The van der Waals surface area contributed by atoms with Gasteiger partial charge in [0.25, 0.3) is 0 Å². The molecular weight excluding hydrogens is 292 g/mol. The van der Waals surface area contributed by atoms with E-state index in [0.717, 1.165) is 18.4 Å². The fourth-order valence-electron chi connectivity index (χ4n) is 3.56. The Morgan fingerprint density at radius 1 is 1.00 bits per heavy atom. The van der Waals surface area contributed by atoms with Gasteiger partial charge in [0, 0.05) is 0 Å². The Labute approximate surface area is 150 Å². The highest BCUT2D eigenvalue weighted by Gasteiger charge is 2.24. The molecule has 1 saturated heterocycles. The van der Waals surface area contributed by atoms with Crippen molar-refractivity contribution in [2.45, 2.75) is 97.0 Å². The van der Waals surface area contributed by atoms with E-state index in [4.69, 9.17) is 4.74 Å². The van der Waals surface area contributed by atoms with E-state index < -0.39 is 0 Å². The van der Waals surface area contributed by atoms with Gasteiger partial charge in [-0.1, -0.05) is 77.1 Å². The molecular formula is C23H38O. The van der Waals surface area contributed by atoms with Crippen molar-refractivity contribution in [3.8, 4) is 0 Å². The average Bonchev–Trinajstić information content (AvgIpc) is 3.43. The van der Waals surface area contributed by atoms with Crippen LogP contribution in [-0.2, 0) is 11.2 Å². The largest absolute Gasteiger partial charge is 0.373 e. The van der Waals surface area contributed by atoms with Crippen molar-refractivity contribution in [1.29, 1.82) is 0 Å². The summed E-state index contributed by atoms with van der Waals surface area (Å²) in [5, 5.41) is 0. The summed E-state index contributed by atoms with van der Waals surface area (Å²) in [6, 6.07) is 9.57. The van der Waals surface area contributed by atoms with E-state index in [0.29, 0.717) is 6.10 Å². The van der Waals surface area contributed by atoms with Gasteiger partial charge in [-0.25, -0.2) is 0 Å². The molecule has 1 fully saturated rings. The standard InChI is InChI=1S/C23H38O/c1-4-6-7-11-21(16-17-23-18-24-23)22-14-12-20(13-15-22)10-8-9-19(3)5-2/h12-15,19,21,23H,4-11,16-18H2,1-3H3. The van der Waals surface area contributed by atoms with Crippen LogP contribution in [0.2, 0.25) is 0 Å². The topological polar surface area (TPSA) is 12.5 Å². The van der Waals surface area contributed by atoms with Gasteiger partial charge in [-0.2, -0.15) is 0 Å². The SMILES string of the molecule is CCCCCC(CCC1CO1)c1ccc(CCCC(C)CC)cc1. The zero-order valence-electron chi connectivity index (χ0n) is 16.2. The molecule has 0 aliphatic carbocycles. The van der Waals surface area contributed by atoms with Gasteiger partial charge in [0.1, 0.15) is 0 Å². The average molecular weight is 331 g/mol. The Kier molecular flexibility index (Phi) is 8.88. The van der Waals surface area contributed by atoms with Crippen molar-refractivity contribution in [2.24, 2.45) is 5.92 Å². The van der Waals surface area contributed by atoms with Crippen LogP contribution in [0, 0.1) is 5.92 Å². The first kappa shape index (κ1) is 19.5. The number of benzene rings is 1. The van der Waals surface area contributed by atoms with Gasteiger partial charge in [0.2, 0.25) is 0 Å². The lowest BCUT2D eigenvalue weighted by Crippen LogP contribution is -2.02. The molecule has 0 N–H and O–H groups in total. The Balaban J connectivity index is 1.83. The molecule has 0 bridgehead atoms. The molecule has 0 saturated carbocycles. The molecule has 0 radical (unpaired) electrons. The van der Waals surface area contributed by atoms with Gasteiger partial charge in [-0.15, -0.1) is 0 Å². The monoisotopic (exact) mass is 330 g/mol. The maximum atomic E-state index is 5.41. The van der Waals surface area contributed by atoms with E-state index in [1.807, 2.05) is 0 Å². The van der Waals surface area contributed by atoms with Crippen LogP contribution in [0.25, 0.3) is 0 Å². The molecule has 3 atom stereocenters. The van der Waals surface area contributed by atoms with E-state index in [1.165, 1.54) is 69.8 Å². The van der Waals surface area contributed by atoms with Crippen molar-refractivity contribution < 1.29 is 4.74 Å². The smallest absolute Gasteiger partial charge is 0.0810 e. The zero-order valence-corrected chi connectivity index (χ0v) is 16.2. The molecule has 1 aliphatic rings. The van der Waals surface area contributed by atoms with Crippen molar-refractivity contribution in [1.82, 2.24) is 0 Å². The summed E-state index contributed by atoms with van der Waals surface area (Å²) in [6.45, 7) is 7.95. The summed E-state index contributed by atoms with van der Waals surface area (Å²) >= 11 is 0. The van der Waals surface area contributed by atoms with Crippen molar-refractivity contribution >= 4 is 0 Å². The second-order valence-corrected chi connectivity index (χ2v) is 7.87. The Hall–Kier alpha value is -0.820. The Bertz CT molecular complexity index is 432. The number of rotatable bonds is 13. The molecule has 136 valence electrons. The van der Waals surface area contributed by atoms with Crippen LogP contribution in [0.5, 0.6) is 0 Å². The first-order chi connectivity index (χ1) is 11.7. The van der Waals surface area contributed by atoms with Gasteiger partial charge in [-0.3, -0.25) is 0 Å². The van der Waals surface area contributed by atoms with Crippen LogP contribution in [-0.4, -0.2) is 12.7 Å².